The van der Waals surface area contributed by atoms with Gasteiger partial charge in [-0.2, -0.15) is 0 Å². The van der Waals surface area contributed by atoms with Crippen molar-refractivity contribution >= 4 is 0 Å². The average molecular weight is 581 g/mol. The van der Waals surface area contributed by atoms with Crippen molar-refractivity contribution in [3.8, 4) is 0 Å². The molecule has 0 N–H and O–H groups in total. The Morgan fingerprint density at radius 1 is 0.488 bits per heavy atom. The van der Waals surface area contributed by atoms with Crippen molar-refractivity contribution in [2.75, 3.05) is 6.61 Å². The second-order valence-electron chi connectivity index (χ2n) is 11.6. The smallest absolute Gasteiger partial charge is 0.115 e. The Morgan fingerprint density at radius 3 is 1.28 bits per heavy atom. The van der Waals surface area contributed by atoms with E-state index in [-0.39, 0.29) is 24.4 Å². The Kier molecular flexibility index (Phi) is 11.9. The van der Waals surface area contributed by atoms with Gasteiger partial charge >= 0.3 is 0 Å². The second kappa shape index (κ2) is 16.5. The van der Waals surface area contributed by atoms with Gasteiger partial charge in [0.2, 0.25) is 0 Å². The Balaban J connectivity index is 1.42. The molecule has 5 nitrogen and oxygen atoms in total. The van der Waals surface area contributed by atoms with Crippen LogP contribution in [0.2, 0.25) is 0 Å². The third-order valence-corrected chi connectivity index (χ3v) is 7.68. The maximum atomic E-state index is 6.86. The van der Waals surface area contributed by atoms with Crippen molar-refractivity contribution in [3.05, 3.63) is 144 Å². The number of ether oxygens (including phenoxy) is 5. The van der Waals surface area contributed by atoms with E-state index in [0.29, 0.717) is 39.0 Å². The summed E-state index contributed by atoms with van der Waals surface area (Å²) < 4.78 is 33.4. The van der Waals surface area contributed by atoms with Crippen LogP contribution in [-0.2, 0) is 50.1 Å². The van der Waals surface area contributed by atoms with Crippen molar-refractivity contribution in [2.45, 2.75) is 77.2 Å². The molecule has 0 bridgehead atoms. The predicted molar refractivity (Wildman–Crippen MR) is 169 cm³/mol. The molecule has 1 aliphatic rings. The molecule has 4 aromatic rings. The van der Waals surface area contributed by atoms with Crippen LogP contribution in [0.25, 0.3) is 0 Å². The van der Waals surface area contributed by atoms with Crippen LogP contribution < -0.4 is 0 Å². The van der Waals surface area contributed by atoms with E-state index in [1.807, 2.05) is 72.8 Å². The van der Waals surface area contributed by atoms with E-state index in [0.717, 1.165) is 28.7 Å². The molecule has 1 fully saturated rings. The molecule has 1 aliphatic heterocycles. The summed E-state index contributed by atoms with van der Waals surface area (Å²) in [4.78, 5) is 0. The van der Waals surface area contributed by atoms with Gasteiger partial charge in [-0.15, -0.1) is 0 Å². The van der Waals surface area contributed by atoms with Gasteiger partial charge in [-0.25, -0.2) is 0 Å². The van der Waals surface area contributed by atoms with Crippen molar-refractivity contribution in [1.29, 1.82) is 0 Å². The summed E-state index contributed by atoms with van der Waals surface area (Å²) in [6, 6.07) is 41.0. The summed E-state index contributed by atoms with van der Waals surface area (Å²) >= 11 is 0. The fraction of sp³-hybridized carbons (Fsp3) is 0.368. The standard InChI is InChI=1S/C38H44O5/c1-29(2)23-34-36(40-25-31-17-9-4-10-18-31)38(42-27-33-21-13-6-14-22-33)37(41-26-32-19-11-5-12-20-32)35(43-34)28-39-24-30-15-7-3-8-16-30/h3-22,29,34-38H,23-28H2,1-2H3/t34-,35+,36-,37-,38+/m0/s1. The summed E-state index contributed by atoms with van der Waals surface area (Å²) in [5, 5.41) is 0. The lowest BCUT2D eigenvalue weighted by molar-refractivity contribution is -0.274. The van der Waals surface area contributed by atoms with Gasteiger partial charge in [0.05, 0.1) is 39.1 Å². The highest BCUT2D eigenvalue weighted by Gasteiger charge is 2.48. The average Bonchev–Trinajstić information content (AvgIpc) is 3.04. The molecule has 5 heteroatoms. The van der Waals surface area contributed by atoms with E-state index in [1.165, 1.54) is 0 Å². The Labute approximate surface area is 256 Å². The molecule has 0 amide bonds. The van der Waals surface area contributed by atoms with Gasteiger partial charge in [-0.3, -0.25) is 0 Å². The Hall–Kier alpha value is -3.32. The molecule has 5 rings (SSSR count). The fourth-order valence-corrected chi connectivity index (χ4v) is 5.54. The zero-order valence-electron chi connectivity index (χ0n) is 25.3. The highest BCUT2D eigenvalue weighted by molar-refractivity contribution is 5.16. The van der Waals surface area contributed by atoms with Crippen LogP contribution in [0.5, 0.6) is 0 Å². The molecule has 0 aromatic heterocycles. The van der Waals surface area contributed by atoms with Crippen LogP contribution >= 0.6 is 0 Å². The Morgan fingerprint density at radius 2 is 0.860 bits per heavy atom. The minimum Gasteiger partial charge on any atom is -0.374 e. The van der Waals surface area contributed by atoms with Crippen molar-refractivity contribution in [1.82, 2.24) is 0 Å². The van der Waals surface area contributed by atoms with Crippen LogP contribution in [0.4, 0.5) is 0 Å². The molecule has 0 unspecified atom stereocenters. The minimum atomic E-state index is -0.399. The molecule has 43 heavy (non-hydrogen) atoms. The SMILES string of the molecule is CC(C)C[C@@H]1O[C@H](COCc2ccccc2)[C@H](OCc2ccccc2)[C@H](OCc2ccccc2)[C@H]1OCc1ccccc1. The minimum absolute atomic E-state index is 0.175. The quantitative estimate of drug-likeness (QED) is 0.144. The largest absolute Gasteiger partial charge is 0.374 e. The third kappa shape index (κ3) is 9.59. The van der Waals surface area contributed by atoms with Crippen LogP contribution in [0, 0.1) is 5.92 Å². The molecule has 1 heterocycles. The highest BCUT2D eigenvalue weighted by Crippen LogP contribution is 2.33. The van der Waals surface area contributed by atoms with Gasteiger partial charge in [0, 0.05) is 0 Å². The molecule has 5 atom stereocenters. The van der Waals surface area contributed by atoms with E-state index in [9.17, 15) is 0 Å². The van der Waals surface area contributed by atoms with Gasteiger partial charge in [0.25, 0.3) is 0 Å². The maximum Gasteiger partial charge on any atom is 0.115 e. The van der Waals surface area contributed by atoms with Crippen LogP contribution in [-0.4, -0.2) is 37.1 Å². The highest BCUT2D eigenvalue weighted by atomic mass is 16.6. The van der Waals surface area contributed by atoms with E-state index in [2.05, 4.69) is 62.4 Å². The molecule has 1 saturated heterocycles. The zero-order valence-corrected chi connectivity index (χ0v) is 25.3. The number of hydrogen-bond acceptors (Lipinski definition) is 5. The Bertz CT molecular complexity index is 1300. The second-order valence-corrected chi connectivity index (χ2v) is 11.6. The first kappa shape index (κ1) is 31.1. The monoisotopic (exact) mass is 580 g/mol. The van der Waals surface area contributed by atoms with Gasteiger partial charge in [0.1, 0.15) is 24.4 Å². The summed E-state index contributed by atoms with van der Waals surface area (Å²) in [6.45, 7) is 6.69. The van der Waals surface area contributed by atoms with Gasteiger partial charge in [-0.1, -0.05) is 135 Å². The van der Waals surface area contributed by atoms with E-state index in [4.69, 9.17) is 23.7 Å². The summed E-state index contributed by atoms with van der Waals surface area (Å²) in [5.74, 6) is 0.412. The molecule has 0 aliphatic carbocycles. The number of rotatable bonds is 15. The molecule has 226 valence electrons. The van der Waals surface area contributed by atoms with E-state index >= 15 is 0 Å². The van der Waals surface area contributed by atoms with E-state index < -0.39 is 6.10 Å². The lowest BCUT2D eigenvalue weighted by atomic mass is 9.89. The summed E-state index contributed by atoms with van der Waals surface area (Å²) in [5.41, 5.74) is 4.44. The predicted octanol–water partition coefficient (Wildman–Crippen LogP) is 7.77. The molecular formula is C38H44O5. The number of benzene rings is 4. The number of hydrogen-bond donors (Lipinski definition) is 0. The normalized spacial score (nSPS) is 22.1. The summed E-state index contributed by atoms with van der Waals surface area (Å²) in [7, 11) is 0. The van der Waals surface area contributed by atoms with Gasteiger partial charge in [-0.05, 0) is 34.6 Å². The molecule has 0 radical (unpaired) electrons. The zero-order chi connectivity index (χ0) is 29.7. The van der Waals surface area contributed by atoms with Crippen LogP contribution in [0.15, 0.2) is 121 Å². The van der Waals surface area contributed by atoms with Crippen molar-refractivity contribution < 1.29 is 23.7 Å². The van der Waals surface area contributed by atoms with Crippen LogP contribution in [0.3, 0.4) is 0 Å². The maximum absolute atomic E-state index is 6.86. The first-order valence-electron chi connectivity index (χ1n) is 15.4. The van der Waals surface area contributed by atoms with Crippen molar-refractivity contribution in [2.24, 2.45) is 5.92 Å². The lowest BCUT2D eigenvalue weighted by Gasteiger charge is -2.47. The third-order valence-electron chi connectivity index (χ3n) is 7.68. The first-order valence-corrected chi connectivity index (χ1v) is 15.4. The van der Waals surface area contributed by atoms with Crippen LogP contribution in [0.1, 0.15) is 42.5 Å². The van der Waals surface area contributed by atoms with Gasteiger partial charge in [0.15, 0.2) is 0 Å². The lowest BCUT2D eigenvalue weighted by Crippen LogP contribution is -2.61. The van der Waals surface area contributed by atoms with E-state index in [1.54, 1.807) is 0 Å². The first-order chi connectivity index (χ1) is 21.2. The summed E-state index contributed by atoms with van der Waals surface area (Å²) in [6.07, 6.45) is -0.748. The molecule has 0 saturated carbocycles. The fourth-order valence-electron chi connectivity index (χ4n) is 5.54. The van der Waals surface area contributed by atoms with Gasteiger partial charge < -0.3 is 23.7 Å². The molecule has 4 aromatic carbocycles. The van der Waals surface area contributed by atoms with Crippen molar-refractivity contribution in [3.63, 3.8) is 0 Å². The topological polar surface area (TPSA) is 46.2 Å². The molecular weight excluding hydrogens is 536 g/mol. The molecule has 0 spiro atoms.